The van der Waals surface area contributed by atoms with Gasteiger partial charge in [0, 0.05) is 6.07 Å². The Bertz CT molecular complexity index is 830. The zero-order chi connectivity index (χ0) is 21.4. The van der Waals surface area contributed by atoms with Gasteiger partial charge < -0.3 is 24.4 Å². The maximum absolute atomic E-state index is 11.2. The first kappa shape index (κ1) is 23.0. The van der Waals surface area contributed by atoms with Gasteiger partial charge >= 0.3 is 5.97 Å². The Balaban J connectivity index is 1.97. The SMILES string of the molecule is C[N+](C)(C)CC(CC(=O)O)Nc1nc(Cl)cc(OCCOc2ccccc2Cl)n1. The van der Waals surface area contributed by atoms with Gasteiger partial charge in [0.15, 0.2) is 0 Å². The fourth-order valence-electron chi connectivity index (χ4n) is 2.61. The summed E-state index contributed by atoms with van der Waals surface area (Å²) in [6.45, 7) is 1.04. The predicted octanol–water partition coefficient (Wildman–Crippen LogP) is 3.20. The van der Waals surface area contributed by atoms with Crippen molar-refractivity contribution in [1.82, 2.24) is 9.97 Å². The van der Waals surface area contributed by atoms with Crippen LogP contribution in [-0.2, 0) is 4.79 Å². The smallest absolute Gasteiger partial charge is 0.305 e. The number of rotatable bonds is 11. The number of carboxylic acids is 1. The summed E-state index contributed by atoms with van der Waals surface area (Å²) in [6, 6.07) is 8.26. The highest BCUT2D eigenvalue weighted by atomic mass is 35.5. The third-order valence-corrected chi connectivity index (χ3v) is 4.13. The number of benzene rings is 1. The van der Waals surface area contributed by atoms with Crippen LogP contribution in [-0.4, -0.2) is 72.5 Å². The number of hydrogen-bond donors (Lipinski definition) is 2. The topological polar surface area (TPSA) is 93.6 Å². The van der Waals surface area contributed by atoms with E-state index in [1.54, 1.807) is 12.1 Å². The molecule has 0 aliphatic carbocycles. The highest BCUT2D eigenvalue weighted by Crippen LogP contribution is 2.23. The fourth-order valence-corrected chi connectivity index (χ4v) is 2.97. The van der Waals surface area contributed by atoms with Crippen LogP contribution in [0.15, 0.2) is 30.3 Å². The van der Waals surface area contributed by atoms with Gasteiger partial charge in [0.05, 0.1) is 45.2 Å². The number of hydrogen-bond acceptors (Lipinski definition) is 6. The van der Waals surface area contributed by atoms with Gasteiger partial charge in [-0.15, -0.1) is 0 Å². The van der Waals surface area contributed by atoms with Gasteiger partial charge in [0.2, 0.25) is 11.8 Å². The molecule has 0 saturated heterocycles. The molecule has 2 N–H and O–H groups in total. The monoisotopic (exact) mass is 443 g/mol. The van der Waals surface area contributed by atoms with Crippen LogP contribution in [0.5, 0.6) is 11.6 Å². The van der Waals surface area contributed by atoms with Gasteiger partial charge in [-0.05, 0) is 12.1 Å². The molecule has 1 unspecified atom stereocenters. The van der Waals surface area contributed by atoms with Crippen LogP contribution in [0.1, 0.15) is 6.42 Å². The van der Waals surface area contributed by atoms with Gasteiger partial charge in [0.25, 0.3) is 0 Å². The lowest BCUT2D eigenvalue weighted by Crippen LogP contribution is -2.45. The Labute approximate surface area is 180 Å². The average molecular weight is 444 g/mol. The molecule has 0 aliphatic heterocycles. The number of para-hydroxylation sites is 1. The van der Waals surface area contributed by atoms with E-state index in [1.807, 2.05) is 33.3 Å². The minimum atomic E-state index is -0.911. The molecule has 0 aliphatic rings. The molecule has 1 aromatic heterocycles. The van der Waals surface area contributed by atoms with Crippen molar-refractivity contribution in [3.05, 3.63) is 40.5 Å². The Hall–Kier alpha value is -2.29. The predicted molar refractivity (Wildman–Crippen MR) is 112 cm³/mol. The van der Waals surface area contributed by atoms with E-state index in [4.69, 9.17) is 37.8 Å². The number of carboxylic acid groups (broad SMARTS) is 1. The molecule has 0 spiro atoms. The Morgan fingerprint density at radius 2 is 1.86 bits per heavy atom. The second-order valence-corrected chi connectivity index (χ2v) is 8.19. The second kappa shape index (κ2) is 10.5. The Morgan fingerprint density at radius 1 is 1.17 bits per heavy atom. The summed E-state index contributed by atoms with van der Waals surface area (Å²) in [4.78, 5) is 19.5. The van der Waals surface area contributed by atoms with Crippen molar-refractivity contribution in [3.8, 4) is 11.6 Å². The van der Waals surface area contributed by atoms with E-state index in [-0.39, 0.29) is 42.7 Å². The maximum Gasteiger partial charge on any atom is 0.305 e. The van der Waals surface area contributed by atoms with Crippen LogP contribution in [0.25, 0.3) is 0 Å². The van der Waals surface area contributed by atoms with E-state index < -0.39 is 5.97 Å². The first-order valence-electron chi connectivity index (χ1n) is 8.96. The molecule has 0 radical (unpaired) electrons. The summed E-state index contributed by atoms with van der Waals surface area (Å²) in [5.74, 6) is 0.123. The van der Waals surface area contributed by atoms with Crippen molar-refractivity contribution in [3.63, 3.8) is 0 Å². The van der Waals surface area contributed by atoms with Gasteiger partial charge in [-0.3, -0.25) is 4.79 Å². The Morgan fingerprint density at radius 3 is 2.52 bits per heavy atom. The molecular weight excluding hydrogens is 419 g/mol. The van der Waals surface area contributed by atoms with E-state index in [0.29, 0.717) is 21.8 Å². The van der Waals surface area contributed by atoms with Crippen molar-refractivity contribution in [2.24, 2.45) is 0 Å². The quantitative estimate of drug-likeness (QED) is 0.312. The number of ether oxygens (including phenoxy) is 2. The number of nitrogens with zero attached hydrogens (tertiary/aromatic N) is 3. The molecule has 0 amide bonds. The lowest BCUT2D eigenvalue weighted by atomic mass is 10.2. The normalized spacial score (nSPS) is 12.3. The minimum absolute atomic E-state index is 0.0761. The average Bonchev–Trinajstić information content (AvgIpc) is 2.57. The van der Waals surface area contributed by atoms with E-state index in [2.05, 4.69) is 15.3 Å². The molecular formula is C19H25Cl2N4O4+. The third kappa shape index (κ3) is 8.72. The summed E-state index contributed by atoms with van der Waals surface area (Å²) < 4.78 is 11.7. The van der Waals surface area contributed by atoms with Crippen LogP contribution >= 0.6 is 23.2 Å². The zero-order valence-corrected chi connectivity index (χ0v) is 18.1. The van der Waals surface area contributed by atoms with Crippen molar-refractivity contribution in [2.75, 3.05) is 46.2 Å². The number of anilines is 1. The Kier molecular flexibility index (Phi) is 8.31. The minimum Gasteiger partial charge on any atom is -0.488 e. The highest BCUT2D eigenvalue weighted by Gasteiger charge is 2.22. The molecule has 2 rings (SSSR count). The largest absolute Gasteiger partial charge is 0.488 e. The second-order valence-electron chi connectivity index (χ2n) is 7.39. The third-order valence-electron chi connectivity index (χ3n) is 3.62. The summed E-state index contributed by atoms with van der Waals surface area (Å²) in [6.07, 6.45) is -0.0761. The highest BCUT2D eigenvalue weighted by molar-refractivity contribution is 6.32. The van der Waals surface area contributed by atoms with Crippen LogP contribution in [0.4, 0.5) is 5.95 Å². The van der Waals surface area contributed by atoms with Crippen molar-refractivity contribution in [2.45, 2.75) is 12.5 Å². The molecule has 2 aromatic rings. The zero-order valence-electron chi connectivity index (χ0n) is 16.6. The molecule has 8 nitrogen and oxygen atoms in total. The van der Waals surface area contributed by atoms with E-state index in [9.17, 15) is 4.79 Å². The van der Waals surface area contributed by atoms with Crippen LogP contribution in [0.3, 0.4) is 0 Å². The standard InChI is InChI=1S/C19H24Cl2N4O4/c1-25(2,3)12-13(10-18(26)27)22-19-23-16(21)11-17(24-19)29-9-8-28-15-7-5-4-6-14(15)20/h4-7,11,13H,8-10,12H2,1-3H3,(H-,22,23,24,26,27)/p+1. The van der Waals surface area contributed by atoms with Gasteiger partial charge in [0.1, 0.15) is 24.1 Å². The van der Waals surface area contributed by atoms with Crippen LogP contribution in [0.2, 0.25) is 10.2 Å². The molecule has 0 saturated carbocycles. The van der Waals surface area contributed by atoms with Crippen molar-refractivity contribution < 1.29 is 23.9 Å². The summed E-state index contributed by atoms with van der Waals surface area (Å²) in [7, 11) is 5.93. The molecule has 29 heavy (non-hydrogen) atoms. The number of aromatic nitrogens is 2. The van der Waals surface area contributed by atoms with E-state index in [1.165, 1.54) is 6.07 Å². The fraction of sp³-hybridized carbons (Fsp3) is 0.421. The number of nitrogens with one attached hydrogen (secondary N) is 1. The molecule has 1 aromatic carbocycles. The van der Waals surface area contributed by atoms with Crippen LogP contribution < -0.4 is 14.8 Å². The van der Waals surface area contributed by atoms with Gasteiger partial charge in [-0.1, -0.05) is 35.3 Å². The lowest BCUT2D eigenvalue weighted by Gasteiger charge is -2.29. The van der Waals surface area contributed by atoms with Gasteiger partial charge in [-0.25, -0.2) is 4.98 Å². The van der Waals surface area contributed by atoms with Crippen molar-refractivity contribution >= 4 is 35.1 Å². The first-order valence-corrected chi connectivity index (χ1v) is 9.71. The number of aliphatic carboxylic acids is 1. The first-order chi connectivity index (χ1) is 13.6. The number of halogens is 2. The summed E-state index contributed by atoms with van der Waals surface area (Å²) in [5.41, 5.74) is 0. The molecule has 10 heteroatoms. The summed E-state index contributed by atoms with van der Waals surface area (Å²) >= 11 is 12.1. The van der Waals surface area contributed by atoms with E-state index >= 15 is 0 Å². The number of carbonyl (C=O) groups is 1. The molecule has 0 bridgehead atoms. The summed E-state index contributed by atoms with van der Waals surface area (Å²) in [5, 5.41) is 12.9. The molecule has 158 valence electrons. The number of quaternary nitrogens is 1. The van der Waals surface area contributed by atoms with Crippen molar-refractivity contribution in [1.29, 1.82) is 0 Å². The lowest BCUT2D eigenvalue weighted by molar-refractivity contribution is -0.870. The van der Waals surface area contributed by atoms with Crippen LogP contribution in [0, 0.1) is 0 Å². The maximum atomic E-state index is 11.2. The van der Waals surface area contributed by atoms with E-state index in [0.717, 1.165) is 0 Å². The molecule has 1 atom stereocenters. The molecule has 1 heterocycles. The number of likely N-dealkylation sites (N-methyl/N-ethyl adjacent to an activating group) is 1. The van der Waals surface area contributed by atoms with Gasteiger partial charge in [-0.2, -0.15) is 4.98 Å². The molecule has 0 fully saturated rings.